The maximum absolute atomic E-state index is 12.1. The number of anilines is 2. The SMILES string of the molecule is CCOCCCNC(=O)Nc1ccccc1N(C)Cc1ccccc1. The summed E-state index contributed by atoms with van der Waals surface area (Å²) in [5.74, 6) is 0. The van der Waals surface area contributed by atoms with E-state index >= 15 is 0 Å². The highest BCUT2D eigenvalue weighted by Crippen LogP contribution is 2.25. The highest BCUT2D eigenvalue weighted by atomic mass is 16.5. The van der Waals surface area contributed by atoms with Crippen LogP contribution in [0.25, 0.3) is 0 Å². The third kappa shape index (κ3) is 6.47. The molecule has 5 nitrogen and oxygen atoms in total. The quantitative estimate of drug-likeness (QED) is 0.681. The Hall–Kier alpha value is -2.53. The number of hydrogen-bond donors (Lipinski definition) is 2. The molecule has 0 bridgehead atoms. The number of rotatable bonds is 9. The lowest BCUT2D eigenvalue weighted by Gasteiger charge is -2.23. The van der Waals surface area contributed by atoms with Crippen LogP contribution < -0.4 is 15.5 Å². The van der Waals surface area contributed by atoms with Gasteiger partial charge >= 0.3 is 6.03 Å². The molecule has 0 aliphatic heterocycles. The van der Waals surface area contributed by atoms with Gasteiger partial charge in [0.25, 0.3) is 0 Å². The van der Waals surface area contributed by atoms with Crippen LogP contribution in [0.5, 0.6) is 0 Å². The summed E-state index contributed by atoms with van der Waals surface area (Å²) in [6, 6.07) is 17.9. The molecule has 0 aliphatic carbocycles. The summed E-state index contributed by atoms with van der Waals surface area (Å²) in [6.07, 6.45) is 0.802. The minimum absolute atomic E-state index is 0.197. The number of benzene rings is 2. The summed E-state index contributed by atoms with van der Waals surface area (Å²) in [7, 11) is 2.02. The maximum atomic E-state index is 12.1. The van der Waals surface area contributed by atoms with Gasteiger partial charge in [-0.25, -0.2) is 4.79 Å². The van der Waals surface area contributed by atoms with Gasteiger partial charge in [-0.2, -0.15) is 0 Å². The molecule has 2 rings (SSSR count). The average molecular weight is 341 g/mol. The summed E-state index contributed by atoms with van der Waals surface area (Å²) in [5, 5.41) is 5.79. The topological polar surface area (TPSA) is 53.6 Å². The van der Waals surface area contributed by atoms with Crippen LogP contribution in [0.4, 0.5) is 16.2 Å². The van der Waals surface area contributed by atoms with E-state index in [9.17, 15) is 4.79 Å². The van der Waals surface area contributed by atoms with Crippen molar-refractivity contribution in [3.8, 4) is 0 Å². The Morgan fingerprint density at radius 2 is 1.80 bits per heavy atom. The lowest BCUT2D eigenvalue weighted by Crippen LogP contribution is -2.31. The number of para-hydroxylation sites is 2. The van der Waals surface area contributed by atoms with Gasteiger partial charge in [-0.1, -0.05) is 42.5 Å². The van der Waals surface area contributed by atoms with Gasteiger partial charge in [0, 0.05) is 33.4 Å². The van der Waals surface area contributed by atoms with Gasteiger partial charge in [0.05, 0.1) is 11.4 Å². The molecule has 0 aliphatic rings. The Balaban J connectivity index is 1.92. The number of nitrogens with one attached hydrogen (secondary N) is 2. The van der Waals surface area contributed by atoms with E-state index in [1.54, 1.807) is 0 Å². The van der Waals surface area contributed by atoms with E-state index in [1.807, 2.05) is 56.4 Å². The molecule has 2 aromatic rings. The Labute approximate surface area is 150 Å². The molecule has 0 spiro atoms. The van der Waals surface area contributed by atoms with Gasteiger partial charge in [0.2, 0.25) is 0 Å². The minimum atomic E-state index is -0.197. The van der Waals surface area contributed by atoms with Gasteiger partial charge in [-0.15, -0.1) is 0 Å². The van der Waals surface area contributed by atoms with E-state index in [0.717, 1.165) is 24.3 Å². The molecule has 134 valence electrons. The standard InChI is InChI=1S/C20H27N3O2/c1-3-25-15-9-14-21-20(24)22-18-12-7-8-13-19(18)23(2)16-17-10-5-4-6-11-17/h4-8,10-13H,3,9,14-16H2,1-2H3,(H2,21,22,24). The molecule has 0 radical (unpaired) electrons. The smallest absolute Gasteiger partial charge is 0.319 e. The van der Waals surface area contributed by atoms with E-state index in [0.29, 0.717) is 19.8 Å². The molecule has 5 heteroatoms. The van der Waals surface area contributed by atoms with Crippen LogP contribution in [0, 0.1) is 0 Å². The predicted molar refractivity (Wildman–Crippen MR) is 103 cm³/mol. The van der Waals surface area contributed by atoms with Gasteiger partial charge in [0.15, 0.2) is 0 Å². The van der Waals surface area contributed by atoms with E-state index in [2.05, 4.69) is 27.7 Å². The fourth-order valence-corrected chi connectivity index (χ4v) is 2.54. The van der Waals surface area contributed by atoms with E-state index in [1.165, 1.54) is 5.56 Å². The third-order valence-corrected chi connectivity index (χ3v) is 3.78. The first-order chi connectivity index (χ1) is 12.2. The van der Waals surface area contributed by atoms with Crippen molar-refractivity contribution in [2.75, 3.05) is 37.0 Å². The lowest BCUT2D eigenvalue weighted by molar-refractivity contribution is 0.145. The number of urea groups is 1. The van der Waals surface area contributed by atoms with Crippen molar-refractivity contribution >= 4 is 17.4 Å². The molecule has 2 amide bonds. The van der Waals surface area contributed by atoms with Crippen LogP contribution >= 0.6 is 0 Å². The molecular weight excluding hydrogens is 314 g/mol. The zero-order valence-electron chi connectivity index (χ0n) is 15.0. The first-order valence-corrected chi connectivity index (χ1v) is 8.67. The zero-order chi connectivity index (χ0) is 17.9. The first-order valence-electron chi connectivity index (χ1n) is 8.67. The summed E-state index contributed by atoms with van der Waals surface area (Å²) < 4.78 is 5.26. The van der Waals surface area contributed by atoms with Crippen molar-refractivity contribution in [3.63, 3.8) is 0 Å². The molecular formula is C20H27N3O2. The van der Waals surface area contributed by atoms with Crippen LogP contribution in [0.3, 0.4) is 0 Å². The van der Waals surface area contributed by atoms with Crippen molar-refractivity contribution in [1.82, 2.24) is 5.32 Å². The second kappa shape index (κ2) is 10.4. The number of ether oxygens (including phenoxy) is 1. The number of carbonyl (C=O) groups is 1. The molecule has 2 aromatic carbocycles. The van der Waals surface area contributed by atoms with Gasteiger partial charge in [0.1, 0.15) is 0 Å². The van der Waals surface area contributed by atoms with Crippen LogP contribution in [-0.2, 0) is 11.3 Å². The van der Waals surface area contributed by atoms with Crippen molar-refractivity contribution in [1.29, 1.82) is 0 Å². The summed E-state index contributed by atoms with van der Waals surface area (Å²) in [5.41, 5.74) is 3.00. The fourth-order valence-electron chi connectivity index (χ4n) is 2.54. The number of nitrogens with zero attached hydrogens (tertiary/aromatic N) is 1. The van der Waals surface area contributed by atoms with E-state index in [-0.39, 0.29) is 6.03 Å². The van der Waals surface area contributed by atoms with Gasteiger partial charge in [-0.3, -0.25) is 0 Å². The summed E-state index contributed by atoms with van der Waals surface area (Å²) >= 11 is 0. The number of amides is 2. The lowest BCUT2D eigenvalue weighted by atomic mass is 10.2. The molecule has 25 heavy (non-hydrogen) atoms. The molecule has 0 fully saturated rings. The fraction of sp³-hybridized carbons (Fsp3) is 0.350. The van der Waals surface area contributed by atoms with Crippen molar-refractivity contribution in [2.45, 2.75) is 19.9 Å². The average Bonchev–Trinajstić information content (AvgIpc) is 2.63. The Kier molecular flexibility index (Phi) is 7.79. The molecule has 0 atom stereocenters. The van der Waals surface area contributed by atoms with Crippen molar-refractivity contribution in [3.05, 3.63) is 60.2 Å². The molecule has 0 saturated carbocycles. The zero-order valence-corrected chi connectivity index (χ0v) is 15.0. The van der Waals surface area contributed by atoms with Crippen LogP contribution in [-0.4, -0.2) is 32.8 Å². The Morgan fingerprint density at radius 1 is 1.08 bits per heavy atom. The van der Waals surface area contributed by atoms with Crippen LogP contribution in [0.1, 0.15) is 18.9 Å². The number of carbonyl (C=O) groups excluding carboxylic acids is 1. The van der Waals surface area contributed by atoms with Crippen LogP contribution in [0.2, 0.25) is 0 Å². The highest BCUT2D eigenvalue weighted by molar-refractivity contribution is 5.93. The molecule has 2 N–H and O–H groups in total. The highest BCUT2D eigenvalue weighted by Gasteiger charge is 2.10. The van der Waals surface area contributed by atoms with Crippen LogP contribution in [0.15, 0.2) is 54.6 Å². The molecule has 0 aromatic heterocycles. The first kappa shape index (κ1) is 18.8. The molecule has 0 unspecified atom stereocenters. The number of hydrogen-bond acceptors (Lipinski definition) is 3. The van der Waals surface area contributed by atoms with E-state index in [4.69, 9.17) is 4.74 Å². The largest absolute Gasteiger partial charge is 0.382 e. The van der Waals surface area contributed by atoms with Gasteiger partial charge < -0.3 is 20.3 Å². The summed E-state index contributed by atoms with van der Waals surface area (Å²) in [6.45, 7) is 4.69. The third-order valence-electron chi connectivity index (χ3n) is 3.78. The molecule has 0 heterocycles. The predicted octanol–water partition coefficient (Wildman–Crippen LogP) is 3.87. The Morgan fingerprint density at radius 3 is 2.56 bits per heavy atom. The van der Waals surface area contributed by atoms with Gasteiger partial charge in [-0.05, 0) is 31.0 Å². The molecule has 0 saturated heterocycles. The second-order valence-electron chi connectivity index (χ2n) is 5.79. The van der Waals surface area contributed by atoms with Crippen molar-refractivity contribution < 1.29 is 9.53 Å². The summed E-state index contributed by atoms with van der Waals surface area (Å²) in [4.78, 5) is 14.2. The minimum Gasteiger partial charge on any atom is -0.382 e. The second-order valence-corrected chi connectivity index (χ2v) is 5.79. The monoisotopic (exact) mass is 341 g/mol. The van der Waals surface area contributed by atoms with E-state index < -0.39 is 0 Å². The maximum Gasteiger partial charge on any atom is 0.319 e. The van der Waals surface area contributed by atoms with Crippen molar-refractivity contribution in [2.24, 2.45) is 0 Å². The Bertz CT molecular complexity index is 646. The normalized spacial score (nSPS) is 10.3.